The molecule has 4 nitrogen and oxygen atoms in total. The van der Waals surface area contributed by atoms with Crippen molar-refractivity contribution in [1.29, 1.82) is 0 Å². The van der Waals surface area contributed by atoms with Crippen LogP contribution >= 0.6 is 0 Å². The Hall–Kier alpha value is -0.610. The molecule has 1 rings (SSSR count). The minimum Gasteiger partial charge on any atom is -0.481 e. The second-order valence-corrected chi connectivity index (χ2v) is 5.06. The van der Waals surface area contributed by atoms with Gasteiger partial charge in [-0.25, -0.2) is 0 Å². The number of rotatable bonds is 6. The van der Waals surface area contributed by atoms with Crippen molar-refractivity contribution in [1.82, 2.24) is 4.90 Å². The number of carboxylic acids is 1. The van der Waals surface area contributed by atoms with Crippen molar-refractivity contribution in [2.75, 3.05) is 26.3 Å². The second-order valence-electron chi connectivity index (χ2n) is 5.06. The van der Waals surface area contributed by atoms with Gasteiger partial charge in [0.05, 0.1) is 13.2 Å². The number of ether oxygens (including phenoxy) is 1. The van der Waals surface area contributed by atoms with Crippen LogP contribution in [0.5, 0.6) is 0 Å². The molecule has 0 unspecified atom stereocenters. The van der Waals surface area contributed by atoms with Crippen molar-refractivity contribution in [2.24, 2.45) is 0 Å². The first-order chi connectivity index (χ1) is 7.52. The third kappa shape index (κ3) is 4.49. The van der Waals surface area contributed by atoms with Crippen molar-refractivity contribution in [3.05, 3.63) is 0 Å². The topological polar surface area (TPSA) is 49.8 Å². The van der Waals surface area contributed by atoms with Gasteiger partial charge in [0.1, 0.15) is 0 Å². The first-order valence-electron chi connectivity index (χ1n) is 6.07. The molecule has 1 fully saturated rings. The molecule has 0 aliphatic carbocycles. The molecule has 0 aromatic rings. The van der Waals surface area contributed by atoms with Crippen LogP contribution in [0.25, 0.3) is 0 Å². The number of hydrogen-bond donors (Lipinski definition) is 1. The molecule has 0 saturated carbocycles. The molecule has 0 aromatic carbocycles. The van der Waals surface area contributed by atoms with Crippen molar-refractivity contribution >= 4 is 5.97 Å². The van der Waals surface area contributed by atoms with E-state index in [1.165, 1.54) is 0 Å². The van der Waals surface area contributed by atoms with Gasteiger partial charge in [0.25, 0.3) is 0 Å². The van der Waals surface area contributed by atoms with Crippen LogP contribution in [0, 0.1) is 0 Å². The molecule has 0 bridgehead atoms. The Morgan fingerprint density at radius 1 is 1.38 bits per heavy atom. The van der Waals surface area contributed by atoms with Crippen molar-refractivity contribution < 1.29 is 14.6 Å². The van der Waals surface area contributed by atoms with Gasteiger partial charge in [0.2, 0.25) is 0 Å². The molecule has 1 saturated heterocycles. The van der Waals surface area contributed by atoms with Crippen LogP contribution in [0.3, 0.4) is 0 Å². The fraction of sp³-hybridized carbons (Fsp3) is 0.917. The highest BCUT2D eigenvalue weighted by Gasteiger charge is 2.29. The van der Waals surface area contributed by atoms with Gasteiger partial charge in [0.15, 0.2) is 0 Å². The lowest BCUT2D eigenvalue weighted by molar-refractivity contribution is -0.137. The Balaban J connectivity index is 2.14. The normalized spacial score (nSPS) is 20.9. The summed E-state index contributed by atoms with van der Waals surface area (Å²) in [6.07, 6.45) is 3.17. The highest BCUT2D eigenvalue weighted by atomic mass is 16.5. The van der Waals surface area contributed by atoms with Gasteiger partial charge in [-0.3, -0.25) is 9.69 Å². The zero-order valence-corrected chi connectivity index (χ0v) is 10.4. The summed E-state index contributed by atoms with van der Waals surface area (Å²) in [4.78, 5) is 12.8. The maximum Gasteiger partial charge on any atom is 0.303 e. The molecule has 1 aliphatic heterocycles. The van der Waals surface area contributed by atoms with Crippen LogP contribution in [0.15, 0.2) is 0 Å². The van der Waals surface area contributed by atoms with Gasteiger partial charge in [-0.1, -0.05) is 6.42 Å². The summed E-state index contributed by atoms with van der Waals surface area (Å²) in [6, 6.07) is 0. The van der Waals surface area contributed by atoms with Gasteiger partial charge in [-0.2, -0.15) is 0 Å². The van der Waals surface area contributed by atoms with Crippen molar-refractivity contribution in [3.63, 3.8) is 0 Å². The molecule has 16 heavy (non-hydrogen) atoms. The Morgan fingerprint density at radius 2 is 2.12 bits per heavy atom. The number of aliphatic carboxylic acids is 1. The zero-order chi connectivity index (χ0) is 12.0. The third-order valence-corrected chi connectivity index (χ3v) is 3.14. The van der Waals surface area contributed by atoms with E-state index in [-0.39, 0.29) is 5.54 Å². The fourth-order valence-corrected chi connectivity index (χ4v) is 2.06. The SMILES string of the molecule is CC1(C)COCCN1CCCCCC(=O)O. The largest absolute Gasteiger partial charge is 0.481 e. The maximum atomic E-state index is 10.3. The quantitative estimate of drug-likeness (QED) is 0.705. The summed E-state index contributed by atoms with van der Waals surface area (Å²) >= 11 is 0. The number of carbonyl (C=O) groups is 1. The molecular weight excluding hydrogens is 206 g/mol. The lowest BCUT2D eigenvalue weighted by Crippen LogP contribution is -2.53. The number of unbranched alkanes of at least 4 members (excludes halogenated alkanes) is 2. The molecule has 1 heterocycles. The lowest BCUT2D eigenvalue weighted by Gasteiger charge is -2.42. The Labute approximate surface area is 97.6 Å². The predicted molar refractivity (Wildman–Crippen MR) is 62.6 cm³/mol. The summed E-state index contributed by atoms with van der Waals surface area (Å²) < 4.78 is 5.45. The van der Waals surface area contributed by atoms with E-state index in [9.17, 15) is 4.79 Å². The van der Waals surface area contributed by atoms with E-state index in [0.29, 0.717) is 6.42 Å². The van der Waals surface area contributed by atoms with Gasteiger partial charge in [-0.15, -0.1) is 0 Å². The Bertz CT molecular complexity index is 228. The van der Waals surface area contributed by atoms with Crippen LogP contribution in [0.2, 0.25) is 0 Å². The number of carboxylic acid groups (broad SMARTS) is 1. The van der Waals surface area contributed by atoms with E-state index in [4.69, 9.17) is 9.84 Å². The fourth-order valence-electron chi connectivity index (χ4n) is 2.06. The molecule has 1 aliphatic rings. The van der Waals surface area contributed by atoms with E-state index in [2.05, 4.69) is 18.7 Å². The molecular formula is C12H23NO3. The highest BCUT2D eigenvalue weighted by Crippen LogP contribution is 2.19. The minimum atomic E-state index is -0.688. The van der Waals surface area contributed by atoms with Gasteiger partial charge >= 0.3 is 5.97 Å². The van der Waals surface area contributed by atoms with Gasteiger partial charge < -0.3 is 9.84 Å². The van der Waals surface area contributed by atoms with E-state index in [1.807, 2.05) is 0 Å². The van der Waals surface area contributed by atoms with E-state index in [0.717, 1.165) is 45.6 Å². The van der Waals surface area contributed by atoms with Crippen LogP contribution in [0.4, 0.5) is 0 Å². The molecule has 1 N–H and O–H groups in total. The van der Waals surface area contributed by atoms with Crippen LogP contribution in [-0.2, 0) is 9.53 Å². The molecule has 0 atom stereocenters. The predicted octanol–water partition coefficient (Wildman–Crippen LogP) is 1.74. The first kappa shape index (κ1) is 13.5. The summed E-state index contributed by atoms with van der Waals surface area (Å²) in [5, 5.41) is 8.52. The van der Waals surface area contributed by atoms with Crippen molar-refractivity contribution in [3.8, 4) is 0 Å². The molecule has 0 aromatic heterocycles. The zero-order valence-electron chi connectivity index (χ0n) is 10.4. The standard InChI is InChI=1S/C12H23NO3/c1-12(2)10-16-9-8-13(12)7-5-3-4-6-11(14)15/h3-10H2,1-2H3,(H,14,15). The average molecular weight is 229 g/mol. The first-order valence-corrected chi connectivity index (χ1v) is 6.07. The molecule has 94 valence electrons. The minimum absolute atomic E-state index is 0.130. The molecule has 0 amide bonds. The summed E-state index contributed by atoms with van der Waals surface area (Å²) in [6.45, 7) is 8.05. The number of nitrogens with zero attached hydrogens (tertiary/aromatic N) is 1. The average Bonchev–Trinajstić information content (AvgIpc) is 2.19. The smallest absolute Gasteiger partial charge is 0.303 e. The molecule has 0 radical (unpaired) electrons. The Morgan fingerprint density at radius 3 is 2.75 bits per heavy atom. The van der Waals surface area contributed by atoms with Crippen LogP contribution in [0.1, 0.15) is 39.5 Å². The monoisotopic (exact) mass is 229 g/mol. The van der Waals surface area contributed by atoms with Crippen LogP contribution < -0.4 is 0 Å². The number of morpholine rings is 1. The van der Waals surface area contributed by atoms with Gasteiger partial charge in [-0.05, 0) is 33.2 Å². The second kappa shape index (κ2) is 6.21. The Kier molecular flexibility index (Phi) is 5.22. The summed E-state index contributed by atoms with van der Waals surface area (Å²) in [5.41, 5.74) is 0.130. The summed E-state index contributed by atoms with van der Waals surface area (Å²) in [7, 11) is 0. The van der Waals surface area contributed by atoms with Crippen molar-refractivity contribution in [2.45, 2.75) is 45.1 Å². The van der Waals surface area contributed by atoms with E-state index in [1.54, 1.807) is 0 Å². The number of hydrogen-bond acceptors (Lipinski definition) is 3. The van der Waals surface area contributed by atoms with Crippen LogP contribution in [-0.4, -0.2) is 47.8 Å². The van der Waals surface area contributed by atoms with E-state index >= 15 is 0 Å². The van der Waals surface area contributed by atoms with Gasteiger partial charge in [0, 0.05) is 18.5 Å². The maximum absolute atomic E-state index is 10.3. The lowest BCUT2D eigenvalue weighted by atomic mass is 10.0. The summed E-state index contributed by atoms with van der Waals surface area (Å²) in [5.74, 6) is -0.688. The highest BCUT2D eigenvalue weighted by molar-refractivity contribution is 5.66. The molecule has 0 spiro atoms. The molecule has 4 heteroatoms. The third-order valence-electron chi connectivity index (χ3n) is 3.14. The van der Waals surface area contributed by atoms with E-state index < -0.39 is 5.97 Å².